The van der Waals surface area contributed by atoms with Crippen molar-refractivity contribution in [3.05, 3.63) is 89.8 Å². The third kappa shape index (κ3) is 8.50. The number of benzene rings is 2. The van der Waals surface area contributed by atoms with E-state index in [1.807, 2.05) is 48.5 Å². The number of esters is 1. The van der Waals surface area contributed by atoms with Crippen molar-refractivity contribution in [3.63, 3.8) is 0 Å². The molecule has 2 N–H and O–H groups in total. The number of nitrogens with zero attached hydrogens (tertiary/aromatic N) is 1. The van der Waals surface area contributed by atoms with E-state index < -0.39 is 23.8 Å². The Morgan fingerprint density at radius 2 is 1.59 bits per heavy atom. The van der Waals surface area contributed by atoms with Crippen molar-refractivity contribution in [2.24, 2.45) is 0 Å². The fraction of sp³-hybridized carbons (Fsp3) is 0.214. The van der Waals surface area contributed by atoms with Crippen LogP contribution in [0, 0.1) is 0 Å². The number of rotatable bonds is 7. The Labute approximate surface area is 215 Å². The van der Waals surface area contributed by atoms with E-state index in [1.54, 1.807) is 39.0 Å². The Bertz CT molecular complexity index is 1270. The molecule has 2 aromatic carbocycles. The molecule has 0 saturated heterocycles. The van der Waals surface area contributed by atoms with Crippen molar-refractivity contribution < 1.29 is 28.6 Å². The molecule has 0 bridgehead atoms. The fourth-order valence-corrected chi connectivity index (χ4v) is 3.16. The topological polar surface area (TPSA) is 116 Å². The minimum atomic E-state index is -0.848. The zero-order valence-electron chi connectivity index (χ0n) is 21.1. The van der Waals surface area contributed by atoms with Crippen LogP contribution in [0.25, 0.3) is 17.3 Å². The van der Waals surface area contributed by atoms with Gasteiger partial charge in [0.1, 0.15) is 17.9 Å². The van der Waals surface area contributed by atoms with Gasteiger partial charge in [0.2, 0.25) is 0 Å². The van der Waals surface area contributed by atoms with Gasteiger partial charge in [0.25, 0.3) is 0 Å². The molecule has 0 fully saturated rings. The van der Waals surface area contributed by atoms with Crippen LogP contribution in [0.4, 0.5) is 15.3 Å². The molecular weight excluding hydrogens is 474 g/mol. The van der Waals surface area contributed by atoms with Gasteiger partial charge in [0.15, 0.2) is 0 Å². The quantitative estimate of drug-likeness (QED) is 0.247. The predicted octanol–water partition coefficient (Wildman–Crippen LogP) is 5.54. The molecule has 0 unspecified atom stereocenters. The standard InChI is InChI=1S/C28H29N3O6/c1-28(2,3)37-27(34)31-24-17-29-22(20-13-9-6-10-14-20)15-21(24)16-23(25(32)35-4)30-26(33)36-18-19-11-7-5-8-12-19/h5-17H,18H2,1-4H3,(H,30,33)(H,31,34)/b23-16-. The molecule has 0 radical (unpaired) electrons. The Morgan fingerprint density at radius 1 is 0.946 bits per heavy atom. The van der Waals surface area contributed by atoms with Gasteiger partial charge in [-0.3, -0.25) is 15.6 Å². The number of hydrogen-bond acceptors (Lipinski definition) is 7. The first-order valence-corrected chi connectivity index (χ1v) is 11.5. The summed E-state index contributed by atoms with van der Waals surface area (Å²) >= 11 is 0. The average Bonchev–Trinajstić information content (AvgIpc) is 2.87. The minimum Gasteiger partial charge on any atom is -0.464 e. The van der Waals surface area contributed by atoms with E-state index in [4.69, 9.17) is 14.2 Å². The third-order valence-electron chi connectivity index (χ3n) is 4.80. The van der Waals surface area contributed by atoms with Gasteiger partial charge >= 0.3 is 18.2 Å². The zero-order chi connectivity index (χ0) is 26.8. The van der Waals surface area contributed by atoms with Gasteiger partial charge in [-0.2, -0.15) is 0 Å². The number of hydrogen-bond donors (Lipinski definition) is 2. The summed E-state index contributed by atoms with van der Waals surface area (Å²) in [4.78, 5) is 41.8. The molecule has 1 aromatic heterocycles. The number of carbonyl (C=O) groups is 3. The first kappa shape index (κ1) is 26.9. The van der Waals surface area contributed by atoms with Crippen molar-refractivity contribution in [1.29, 1.82) is 0 Å². The van der Waals surface area contributed by atoms with Gasteiger partial charge in [-0.25, -0.2) is 14.4 Å². The van der Waals surface area contributed by atoms with Crippen LogP contribution in [0.3, 0.4) is 0 Å². The Balaban J connectivity index is 1.93. The van der Waals surface area contributed by atoms with E-state index in [2.05, 4.69) is 15.6 Å². The Hall–Kier alpha value is -4.66. The molecule has 0 spiro atoms. The smallest absolute Gasteiger partial charge is 0.412 e. The van der Waals surface area contributed by atoms with Crippen LogP contribution in [-0.4, -0.2) is 35.9 Å². The lowest BCUT2D eigenvalue weighted by atomic mass is 10.1. The molecule has 2 amide bonds. The second-order valence-electron chi connectivity index (χ2n) is 8.89. The van der Waals surface area contributed by atoms with Gasteiger partial charge in [-0.05, 0) is 38.5 Å². The number of amides is 2. The van der Waals surface area contributed by atoms with E-state index in [0.717, 1.165) is 11.1 Å². The second kappa shape index (κ2) is 12.3. The van der Waals surface area contributed by atoms with Gasteiger partial charge in [-0.15, -0.1) is 0 Å². The molecule has 192 valence electrons. The van der Waals surface area contributed by atoms with Gasteiger partial charge < -0.3 is 14.2 Å². The minimum absolute atomic E-state index is 0.0139. The highest BCUT2D eigenvalue weighted by molar-refractivity contribution is 5.98. The van der Waals surface area contributed by atoms with E-state index in [9.17, 15) is 14.4 Å². The van der Waals surface area contributed by atoms with Gasteiger partial charge in [-0.1, -0.05) is 60.7 Å². The lowest BCUT2D eigenvalue weighted by Gasteiger charge is -2.20. The third-order valence-corrected chi connectivity index (χ3v) is 4.80. The van der Waals surface area contributed by atoms with Crippen LogP contribution in [0.5, 0.6) is 0 Å². The number of ether oxygens (including phenoxy) is 3. The van der Waals surface area contributed by atoms with Gasteiger partial charge in [0.05, 0.1) is 24.7 Å². The van der Waals surface area contributed by atoms with Gasteiger partial charge in [0, 0.05) is 11.1 Å². The molecule has 9 nitrogen and oxygen atoms in total. The van der Waals surface area contributed by atoms with Crippen molar-refractivity contribution in [2.45, 2.75) is 33.0 Å². The SMILES string of the molecule is COC(=O)/C(=C/c1cc(-c2ccccc2)ncc1NC(=O)OC(C)(C)C)NC(=O)OCc1ccccc1. The molecule has 0 aliphatic rings. The first-order chi connectivity index (χ1) is 17.6. The zero-order valence-corrected chi connectivity index (χ0v) is 21.1. The first-order valence-electron chi connectivity index (χ1n) is 11.5. The second-order valence-corrected chi connectivity index (χ2v) is 8.89. The van der Waals surface area contributed by atoms with Crippen LogP contribution >= 0.6 is 0 Å². The van der Waals surface area contributed by atoms with E-state index in [-0.39, 0.29) is 18.0 Å². The number of anilines is 1. The number of methoxy groups -OCH3 is 1. The summed E-state index contributed by atoms with van der Waals surface area (Å²) in [6.07, 6.45) is 1.27. The summed E-state index contributed by atoms with van der Waals surface area (Å²) in [5, 5.41) is 5.07. The average molecular weight is 504 g/mol. The van der Waals surface area contributed by atoms with E-state index in [0.29, 0.717) is 11.3 Å². The molecule has 37 heavy (non-hydrogen) atoms. The van der Waals surface area contributed by atoms with Crippen LogP contribution in [0.15, 0.2) is 78.6 Å². The molecule has 0 saturated carbocycles. The highest BCUT2D eigenvalue weighted by Gasteiger charge is 2.20. The lowest BCUT2D eigenvalue weighted by molar-refractivity contribution is -0.136. The van der Waals surface area contributed by atoms with E-state index in [1.165, 1.54) is 19.4 Å². The van der Waals surface area contributed by atoms with Crippen LogP contribution in [-0.2, 0) is 25.6 Å². The predicted molar refractivity (Wildman–Crippen MR) is 139 cm³/mol. The maximum Gasteiger partial charge on any atom is 0.412 e. The molecule has 0 atom stereocenters. The highest BCUT2D eigenvalue weighted by Crippen LogP contribution is 2.25. The number of carbonyl (C=O) groups excluding carboxylic acids is 3. The number of aromatic nitrogens is 1. The summed E-state index contributed by atoms with van der Waals surface area (Å²) in [7, 11) is 1.19. The van der Waals surface area contributed by atoms with Crippen LogP contribution < -0.4 is 10.6 Å². The molecular formula is C28H29N3O6. The number of pyridine rings is 1. The largest absolute Gasteiger partial charge is 0.464 e. The van der Waals surface area contributed by atoms with E-state index >= 15 is 0 Å². The molecule has 0 aliphatic carbocycles. The summed E-state index contributed by atoms with van der Waals surface area (Å²) in [6.45, 7) is 5.24. The van der Waals surface area contributed by atoms with Crippen LogP contribution in [0.1, 0.15) is 31.9 Å². The van der Waals surface area contributed by atoms with Crippen molar-refractivity contribution in [1.82, 2.24) is 10.3 Å². The highest BCUT2D eigenvalue weighted by atomic mass is 16.6. The summed E-state index contributed by atoms with van der Waals surface area (Å²) in [5.41, 5.74) is 1.90. The fourth-order valence-electron chi connectivity index (χ4n) is 3.16. The Kier molecular flexibility index (Phi) is 8.99. The van der Waals surface area contributed by atoms with Crippen LogP contribution in [0.2, 0.25) is 0 Å². The van der Waals surface area contributed by atoms with Crippen molar-refractivity contribution >= 4 is 29.9 Å². The van der Waals surface area contributed by atoms with Crippen molar-refractivity contribution in [3.8, 4) is 11.3 Å². The maximum absolute atomic E-state index is 12.5. The number of nitrogens with one attached hydrogen (secondary N) is 2. The molecule has 3 aromatic rings. The summed E-state index contributed by atoms with van der Waals surface area (Å²) < 4.78 is 15.4. The molecule has 9 heteroatoms. The molecule has 1 heterocycles. The number of alkyl carbamates (subject to hydrolysis) is 1. The normalized spacial score (nSPS) is 11.3. The molecule has 3 rings (SSSR count). The molecule has 0 aliphatic heterocycles. The van der Waals surface area contributed by atoms with Crippen molar-refractivity contribution in [2.75, 3.05) is 12.4 Å². The monoisotopic (exact) mass is 503 g/mol. The maximum atomic E-state index is 12.5. The lowest BCUT2D eigenvalue weighted by Crippen LogP contribution is -2.29. The Morgan fingerprint density at radius 3 is 2.22 bits per heavy atom. The summed E-state index contributed by atoms with van der Waals surface area (Å²) in [6, 6.07) is 20.1. The summed E-state index contributed by atoms with van der Waals surface area (Å²) in [5.74, 6) is -0.807.